The van der Waals surface area contributed by atoms with E-state index in [9.17, 15) is 14.7 Å². The number of amides is 1. The summed E-state index contributed by atoms with van der Waals surface area (Å²) >= 11 is 0. The zero-order chi connectivity index (χ0) is 17.5. The molecule has 0 unspecified atom stereocenters. The van der Waals surface area contributed by atoms with Gasteiger partial charge in [-0.1, -0.05) is 18.2 Å². The first kappa shape index (κ1) is 17.8. The van der Waals surface area contributed by atoms with Crippen LogP contribution in [0.3, 0.4) is 0 Å². The second-order valence-electron chi connectivity index (χ2n) is 5.58. The Balaban J connectivity index is 2.23. The second kappa shape index (κ2) is 8.38. The normalized spacial score (nSPS) is 14.1. The molecule has 6 heteroatoms. The number of benzene rings is 1. The summed E-state index contributed by atoms with van der Waals surface area (Å²) in [6.07, 6.45) is 1.38. The molecule has 2 rings (SSSR count). The number of hydrogen-bond donors (Lipinski definition) is 1. The smallest absolute Gasteiger partial charge is 0.325 e. The molecule has 1 aliphatic heterocycles. The Labute approximate surface area is 141 Å². The molecule has 1 heterocycles. The minimum atomic E-state index is -0.476. The minimum absolute atomic E-state index is 0.0877. The Hall–Kier alpha value is -2.50. The quantitative estimate of drug-likeness (QED) is 0.809. The summed E-state index contributed by atoms with van der Waals surface area (Å²) < 4.78 is 10.4. The molecular formula is C18H23NO5. The fourth-order valence-corrected chi connectivity index (χ4v) is 2.60. The van der Waals surface area contributed by atoms with Gasteiger partial charge in [0.05, 0.1) is 25.3 Å². The van der Waals surface area contributed by atoms with Crippen LogP contribution in [0.4, 0.5) is 0 Å². The Morgan fingerprint density at radius 1 is 1.33 bits per heavy atom. The third kappa shape index (κ3) is 4.50. The van der Waals surface area contributed by atoms with E-state index in [0.717, 1.165) is 6.42 Å². The van der Waals surface area contributed by atoms with Gasteiger partial charge in [-0.15, -0.1) is 0 Å². The maximum absolute atomic E-state index is 12.9. The lowest BCUT2D eigenvalue weighted by atomic mass is 10.0. The van der Waals surface area contributed by atoms with Gasteiger partial charge in [0.2, 0.25) is 0 Å². The van der Waals surface area contributed by atoms with Crippen molar-refractivity contribution >= 4 is 11.9 Å². The van der Waals surface area contributed by atoms with Crippen LogP contribution in [-0.4, -0.2) is 41.6 Å². The van der Waals surface area contributed by atoms with Crippen LogP contribution in [0.1, 0.15) is 32.3 Å². The fraction of sp³-hybridized carbons (Fsp3) is 0.444. The van der Waals surface area contributed by atoms with Gasteiger partial charge in [0, 0.05) is 5.56 Å². The third-order valence-corrected chi connectivity index (χ3v) is 3.84. The first-order chi connectivity index (χ1) is 11.5. The van der Waals surface area contributed by atoms with Gasteiger partial charge in [0.15, 0.2) is 0 Å². The monoisotopic (exact) mass is 333 g/mol. The van der Waals surface area contributed by atoms with Gasteiger partial charge in [0.1, 0.15) is 18.1 Å². The number of esters is 1. The summed E-state index contributed by atoms with van der Waals surface area (Å²) in [5.41, 5.74) is 1.14. The molecule has 1 amide bonds. The summed E-state index contributed by atoms with van der Waals surface area (Å²) in [4.78, 5) is 26.1. The zero-order valence-corrected chi connectivity index (χ0v) is 14.1. The molecule has 1 aromatic carbocycles. The molecule has 0 fully saturated rings. The molecule has 0 atom stereocenters. The number of carbonyl (C=O) groups excluding carboxylic acids is 2. The highest BCUT2D eigenvalue weighted by molar-refractivity contribution is 5.95. The lowest BCUT2D eigenvalue weighted by Crippen LogP contribution is -2.38. The molecule has 0 saturated heterocycles. The predicted molar refractivity (Wildman–Crippen MR) is 88.0 cm³/mol. The van der Waals surface area contributed by atoms with E-state index < -0.39 is 5.97 Å². The van der Waals surface area contributed by atoms with E-state index in [1.54, 1.807) is 38.1 Å². The first-order valence-electron chi connectivity index (χ1n) is 8.07. The molecule has 0 spiro atoms. The van der Waals surface area contributed by atoms with Gasteiger partial charge < -0.3 is 19.5 Å². The van der Waals surface area contributed by atoms with E-state index >= 15 is 0 Å². The number of allylic oxidation sites excluding steroid dienone is 1. The SMILES string of the molecule is CCOC(=O)CN(Cc1ccccc1O)C(=O)C1=C(C)OCCC1. The zero-order valence-electron chi connectivity index (χ0n) is 14.1. The Kier molecular flexibility index (Phi) is 6.23. The van der Waals surface area contributed by atoms with Crippen molar-refractivity contribution < 1.29 is 24.2 Å². The molecule has 1 N–H and O–H groups in total. The van der Waals surface area contributed by atoms with E-state index in [1.807, 2.05) is 0 Å². The van der Waals surface area contributed by atoms with E-state index in [0.29, 0.717) is 29.9 Å². The Bertz CT molecular complexity index is 638. The number of rotatable bonds is 6. The van der Waals surface area contributed by atoms with Crippen molar-refractivity contribution in [1.29, 1.82) is 0 Å². The van der Waals surface area contributed by atoms with Crippen LogP contribution in [0.2, 0.25) is 0 Å². The van der Waals surface area contributed by atoms with Crippen LogP contribution < -0.4 is 0 Å². The Morgan fingerprint density at radius 3 is 2.75 bits per heavy atom. The molecule has 0 saturated carbocycles. The van der Waals surface area contributed by atoms with Crippen molar-refractivity contribution in [3.63, 3.8) is 0 Å². The molecular weight excluding hydrogens is 310 g/mol. The van der Waals surface area contributed by atoms with Crippen LogP contribution in [-0.2, 0) is 25.6 Å². The summed E-state index contributed by atoms with van der Waals surface area (Å²) in [6.45, 7) is 4.28. The minimum Gasteiger partial charge on any atom is -0.508 e. The van der Waals surface area contributed by atoms with Crippen molar-refractivity contribution in [3.05, 3.63) is 41.2 Å². The molecule has 24 heavy (non-hydrogen) atoms. The molecule has 0 radical (unpaired) electrons. The van der Waals surface area contributed by atoms with Gasteiger partial charge in [-0.2, -0.15) is 0 Å². The highest BCUT2D eigenvalue weighted by Gasteiger charge is 2.26. The molecule has 1 aromatic rings. The van der Waals surface area contributed by atoms with Gasteiger partial charge in [-0.05, 0) is 32.8 Å². The second-order valence-corrected chi connectivity index (χ2v) is 5.58. The van der Waals surface area contributed by atoms with E-state index in [1.165, 1.54) is 4.90 Å². The summed E-state index contributed by atoms with van der Waals surface area (Å²) in [7, 11) is 0. The largest absolute Gasteiger partial charge is 0.508 e. The van der Waals surface area contributed by atoms with Crippen LogP contribution in [0, 0.1) is 0 Å². The number of phenols is 1. The number of ether oxygens (including phenoxy) is 2. The number of hydrogen-bond acceptors (Lipinski definition) is 5. The lowest BCUT2D eigenvalue weighted by Gasteiger charge is -2.26. The fourth-order valence-electron chi connectivity index (χ4n) is 2.60. The van der Waals surface area contributed by atoms with Crippen molar-refractivity contribution in [2.45, 2.75) is 33.2 Å². The van der Waals surface area contributed by atoms with Crippen LogP contribution in [0.15, 0.2) is 35.6 Å². The third-order valence-electron chi connectivity index (χ3n) is 3.84. The molecule has 1 aliphatic rings. The average molecular weight is 333 g/mol. The van der Waals surface area contributed by atoms with Gasteiger partial charge in [-0.25, -0.2) is 0 Å². The van der Waals surface area contributed by atoms with Crippen LogP contribution in [0.25, 0.3) is 0 Å². The summed E-state index contributed by atoms with van der Waals surface area (Å²) in [6, 6.07) is 6.75. The van der Waals surface area contributed by atoms with E-state index in [2.05, 4.69) is 0 Å². The lowest BCUT2D eigenvalue weighted by molar-refractivity contribution is -0.148. The van der Waals surface area contributed by atoms with E-state index in [-0.39, 0.29) is 31.4 Å². The van der Waals surface area contributed by atoms with Crippen molar-refractivity contribution in [2.24, 2.45) is 0 Å². The highest BCUT2D eigenvalue weighted by atomic mass is 16.5. The average Bonchev–Trinajstić information content (AvgIpc) is 2.56. The number of phenolic OH excluding ortho intramolecular Hbond substituents is 1. The molecule has 130 valence electrons. The predicted octanol–water partition coefficient (Wildman–Crippen LogP) is 2.37. The number of nitrogens with zero attached hydrogens (tertiary/aromatic N) is 1. The van der Waals surface area contributed by atoms with Crippen molar-refractivity contribution in [3.8, 4) is 5.75 Å². The maximum atomic E-state index is 12.9. The van der Waals surface area contributed by atoms with Crippen molar-refractivity contribution in [2.75, 3.05) is 19.8 Å². The summed E-state index contributed by atoms with van der Waals surface area (Å²) in [5.74, 6) is -0.0538. The van der Waals surface area contributed by atoms with Crippen LogP contribution in [0.5, 0.6) is 5.75 Å². The maximum Gasteiger partial charge on any atom is 0.325 e. The standard InChI is InChI=1S/C18H23NO5/c1-3-23-17(21)12-19(11-14-7-4-5-9-16(14)20)18(22)15-8-6-10-24-13(15)2/h4-5,7,9,20H,3,6,8,10-12H2,1-2H3. The summed E-state index contributed by atoms with van der Waals surface area (Å²) in [5, 5.41) is 9.95. The number of aromatic hydroxyl groups is 1. The topological polar surface area (TPSA) is 76.1 Å². The van der Waals surface area contributed by atoms with Crippen LogP contribution >= 0.6 is 0 Å². The number of carbonyl (C=O) groups is 2. The van der Waals surface area contributed by atoms with Gasteiger partial charge in [0.25, 0.3) is 5.91 Å². The molecule has 0 aromatic heterocycles. The molecule has 0 bridgehead atoms. The van der Waals surface area contributed by atoms with Gasteiger partial charge >= 0.3 is 5.97 Å². The molecule has 0 aliphatic carbocycles. The van der Waals surface area contributed by atoms with Crippen molar-refractivity contribution in [1.82, 2.24) is 4.90 Å². The molecule has 6 nitrogen and oxygen atoms in total. The van der Waals surface area contributed by atoms with Gasteiger partial charge in [-0.3, -0.25) is 9.59 Å². The Morgan fingerprint density at radius 2 is 2.08 bits per heavy atom. The number of para-hydroxylation sites is 1. The highest BCUT2D eigenvalue weighted by Crippen LogP contribution is 2.24. The van der Waals surface area contributed by atoms with E-state index in [4.69, 9.17) is 9.47 Å². The first-order valence-corrected chi connectivity index (χ1v) is 8.07.